The molecule has 0 atom stereocenters. The van der Waals surface area contributed by atoms with Crippen LogP contribution >= 0.6 is 11.3 Å². The lowest BCUT2D eigenvalue weighted by atomic mass is 10.1. The molecule has 0 bridgehead atoms. The molecular formula is C20H18N2O2S. The molecule has 4 rings (SSSR count). The predicted octanol–water partition coefficient (Wildman–Crippen LogP) is 4.31. The minimum atomic E-state index is 0.00679. The van der Waals surface area contributed by atoms with Crippen LogP contribution in [0.25, 0.3) is 16.6 Å². The molecule has 0 fully saturated rings. The number of aryl methyl sites for hydroxylation is 1. The van der Waals surface area contributed by atoms with Crippen LogP contribution in [0.2, 0.25) is 0 Å². The largest absolute Gasteiger partial charge is 0.465 e. The van der Waals surface area contributed by atoms with Gasteiger partial charge in [-0.25, -0.2) is 4.98 Å². The Kier molecular flexibility index (Phi) is 4.24. The molecule has 0 radical (unpaired) electrons. The second-order valence-electron chi connectivity index (χ2n) is 6.11. The van der Waals surface area contributed by atoms with Gasteiger partial charge in [0.2, 0.25) is 5.91 Å². The summed E-state index contributed by atoms with van der Waals surface area (Å²) in [6.45, 7) is 3.40. The van der Waals surface area contributed by atoms with Gasteiger partial charge < -0.3 is 9.32 Å². The molecule has 1 aliphatic heterocycles. The van der Waals surface area contributed by atoms with E-state index >= 15 is 0 Å². The van der Waals surface area contributed by atoms with Gasteiger partial charge in [-0.05, 0) is 25.1 Å². The van der Waals surface area contributed by atoms with Gasteiger partial charge in [0.15, 0.2) is 0 Å². The summed E-state index contributed by atoms with van der Waals surface area (Å²) in [5.41, 5.74) is 3.51. The van der Waals surface area contributed by atoms with E-state index in [1.807, 2.05) is 11.0 Å². The van der Waals surface area contributed by atoms with Crippen molar-refractivity contribution in [3.8, 4) is 10.6 Å². The molecule has 0 aliphatic carbocycles. The van der Waals surface area contributed by atoms with Gasteiger partial charge in [-0.3, -0.25) is 4.79 Å². The summed E-state index contributed by atoms with van der Waals surface area (Å²) < 4.78 is 5.22. The van der Waals surface area contributed by atoms with Gasteiger partial charge in [-0.15, -0.1) is 11.3 Å². The zero-order chi connectivity index (χ0) is 17.2. The van der Waals surface area contributed by atoms with Gasteiger partial charge >= 0.3 is 0 Å². The first-order valence-corrected chi connectivity index (χ1v) is 9.07. The fraction of sp³-hybridized carbons (Fsp3) is 0.200. The van der Waals surface area contributed by atoms with E-state index in [1.54, 1.807) is 35.8 Å². The predicted molar refractivity (Wildman–Crippen MR) is 99.2 cm³/mol. The number of carbonyl (C=O) groups excluding carboxylic acids is 1. The molecule has 0 N–H and O–H groups in total. The summed E-state index contributed by atoms with van der Waals surface area (Å²) in [4.78, 5) is 20.2. The number of thiazole rings is 1. The molecule has 25 heavy (non-hydrogen) atoms. The van der Waals surface area contributed by atoms with Gasteiger partial charge in [0.05, 0.1) is 18.5 Å². The Labute approximate surface area is 150 Å². The molecule has 1 amide bonds. The molecule has 2 aromatic heterocycles. The first kappa shape index (κ1) is 15.8. The molecule has 0 saturated heterocycles. The highest BCUT2D eigenvalue weighted by molar-refractivity contribution is 7.15. The standard InChI is InChI=1S/C20H18N2O2S/c1-14-4-6-15(7-5-14)20-21-17-10-11-22(13-18(17)25-20)19(23)9-8-16-3-2-12-24-16/h2-9,12H,10-11,13H2,1H3. The summed E-state index contributed by atoms with van der Waals surface area (Å²) in [5.74, 6) is 0.692. The zero-order valence-electron chi connectivity index (χ0n) is 13.9. The number of aromatic nitrogens is 1. The van der Waals surface area contributed by atoms with Crippen LogP contribution in [0.5, 0.6) is 0 Å². The van der Waals surface area contributed by atoms with Crippen LogP contribution in [-0.4, -0.2) is 22.3 Å². The minimum absolute atomic E-state index is 0.00679. The van der Waals surface area contributed by atoms with E-state index in [-0.39, 0.29) is 5.91 Å². The quantitative estimate of drug-likeness (QED) is 0.661. The van der Waals surface area contributed by atoms with Crippen LogP contribution in [0.4, 0.5) is 0 Å². The Morgan fingerprint density at radius 3 is 2.88 bits per heavy atom. The van der Waals surface area contributed by atoms with Gasteiger partial charge in [-0.1, -0.05) is 29.8 Å². The molecule has 126 valence electrons. The molecule has 5 heteroatoms. The summed E-state index contributed by atoms with van der Waals surface area (Å²) >= 11 is 1.68. The van der Waals surface area contributed by atoms with Crippen molar-refractivity contribution in [3.05, 3.63) is 70.6 Å². The van der Waals surface area contributed by atoms with Crippen LogP contribution in [-0.2, 0) is 17.8 Å². The maximum Gasteiger partial charge on any atom is 0.247 e. The highest BCUT2D eigenvalue weighted by Gasteiger charge is 2.23. The highest BCUT2D eigenvalue weighted by atomic mass is 32.1. The first-order chi connectivity index (χ1) is 12.2. The molecule has 3 aromatic rings. The Balaban J connectivity index is 1.49. The van der Waals surface area contributed by atoms with Crippen molar-refractivity contribution in [3.63, 3.8) is 0 Å². The normalized spacial score (nSPS) is 14.0. The Bertz CT molecular complexity index is 908. The lowest BCUT2D eigenvalue weighted by Crippen LogP contribution is -2.34. The fourth-order valence-corrected chi connectivity index (χ4v) is 3.98. The van der Waals surface area contributed by atoms with Gasteiger partial charge in [0, 0.05) is 29.5 Å². The number of rotatable bonds is 3. The highest BCUT2D eigenvalue weighted by Crippen LogP contribution is 2.31. The second-order valence-corrected chi connectivity index (χ2v) is 7.20. The second kappa shape index (κ2) is 6.69. The molecule has 4 nitrogen and oxygen atoms in total. The number of hydrogen-bond donors (Lipinski definition) is 0. The molecule has 0 saturated carbocycles. The van der Waals surface area contributed by atoms with Crippen LogP contribution in [0, 0.1) is 6.92 Å². The smallest absolute Gasteiger partial charge is 0.247 e. The monoisotopic (exact) mass is 350 g/mol. The zero-order valence-corrected chi connectivity index (χ0v) is 14.8. The molecule has 1 aromatic carbocycles. The minimum Gasteiger partial charge on any atom is -0.465 e. The van der Waals surface area contributed by atoms with E-state index in [1.165, 1.54) is 10.4 Å². The number of nitrogens with zero attached hydrogens (tertiary/aromatic N) is 2. The van der Waals surface area contributed by atoms with Gasteiger partial charge in [0.25, 0.3) is 0 Å². The van der Waals surface area contributed by atoms with Crippen LogP contribution in [0.15, 0.2) is 53.2 Å². The summed E-state index contributed by atoms with van der Waals surface area (Å²) in [7, 11) is 0. The SMILES string of the molecule is Cc1ccc(-c2nc3c(s2)CN(C(=O)C=Cc2ccco2)CC3)cc1. The van der Waals surface area contributed by atoms with Crippen molar-refractivity contribution in [1.29, 1.82) is 0 Å². The van der Waals surface area contributed by atoms with E-state index < -0.39 is 0 Å². The summed E-state index contributed by atoms with van der Waals surface area (Å²) in [6.07, 6.45) is 5.69. The number of amides is 1. The van der Waals surface area contributed by atoms with E-state index in [9.17, 15) is 4.79 Å². The average molecular weight is 350 g/mol. The third kappa shape index (κ3) is 3.42. The third-order valence-electron chi connectivity index (χ3n) is 4.27. The molecule has 0 unspecified atom stereocenters. The number of hydrogen-bond acceptors (Lipinski definition) is 4. The number of fused-ring (bicyclic) bond motifs is 1. The van der Waals surface area contributed by atoms with Crippen LogP contribution < -0.4 is 0 Å². The van der Waals surface area contributed by atoms with Crippen molar-refractivity contribution < 1.29 is 9.21 Å². The Hall–Kier alpha value is -2.66. The Morgan fingerprint density at radius 1 is 1.28 bits per heavy atom. The van der Waals surface area contributed by atoms with Gasteiger partial charge in [0.1, 0.15) is 10.8 Å². The third-order valence-corrected chi connectivity index (χ3v) is 5.41. The fourth-order valence-electron chi connectivity index (χ4n) is 2.85. The lowest BCUT2D eigenvalue weighted by Gasteiger charge is -2.24. The number of carbonyl (C=O) groups is 1. The first-order valence-electron chi connectivity index (χ1n) is 8.25. The van der Waals surface area contributed by atoms with Crippen molar-refractivity contribution in [2.75, 3.05) is 6.54 Å². The molecule has 3 heterocycles. The summed E-state index contributed by atoms with van der Waals surface area (Å²) in [6, 6.07) is 12.1. The van der Waals surface area contributed by atoms with E-state index in [4.69, 9.17) is 9.40 Å². The van der Waals surface area contributed by atoms with Crippen LogP contribution in [0.3, 0.4) is 0 Å². The lowest BCUT2D eigenvalue weighted by molar-refractivity contribution is -0.126. The molecule has 1 aliphatic rings. The van der Waals surface area contributed by atoms with Crippen molar-refractivity contribution in [1.82, 2.24) is 9.88 Å². The number of benzene rings is 1. The van der Waals surface area contributed by atoms with E-state index in [0.717, 1.165) is 22.7 Å². The topological polar surface area (TPSA) is 46.3 Å². The molecular weight excluding hydrogens is 332 g/mol. The van der Waals surface area contributed by atoms with E-state index in [0.29, 0.717) is 18.8 Å². The maximum absolute atomic E-state index is 12.4. The molecule has 0 spiro atoms. The Morgan fingerprint density at radius 2 is 2.12 bits per heavy atom. The number of furan rings is 1. The maximum atomic E-state index is 12.4. The van der Waals surface area contributed by atoms with E-state index in [2.05, 4.69) is 31.2 Å². The summed E-state index contributed by atoms with van der Waals surface area (Å²) in [5, 5.41) is 1.03. The van der Waals surface area contributed by atoms with Crippen molar-refractivity contribution >= 4 is 23.3 Å². The van der Waals surface area contributed by atoms with Gasteiger partial charge in [-0.2, -0.15) is 0 Å². The van der Waals surface area contributed by atoms with Crippen molar-refractivity contribution in [2.45, 2.75) is 19.9 Å². The average Bonchev–Trinajstić information content (AvgIpc) is 3.29. The van der Waals surface area contributed by atoms with Crippen LogP contribution in [0.1, 0.15) is 21.9 Å². The van der Waals surface area contributed by atoms with Crippen molar-refractivity contribution in [2.24, 2.45) is 0 Å².